The van der Waals surface area contributed by atoms with Gasteiger partial charge in [-0.3, -0.25) is 4.99 Å². The molecule has 10 heavy (non-hydrogen) atoms. The van der Waals surface area contributed by atoms with Gasteiger partial charge in [-0.2, -0.15) is 0 Å². The smallest absolute Gasteiger partial charge is 0.0890 e. The fourth-order valence-corrected chi connectivity index (χ4v) is 1.71. The van der Waals surface area contributed by atoms with E-state index in [0.29, 0.717) is 0 Å². The number of hydrogen-bond acceptors (Lipinski definition) is 2. The van der Waals surface area contributed by atoms with Crippen molar-refractivity contribution in [2.75, 3.05) is 5.88 Å². The van der Waals surface area contributed by atoms with Crippen LogP contribution in [0.2, 0.25) is 0 Å². The Labute approximate surface area is 64.2 Å². The van der Waals surface area contributed by atoms with Crippen LogP contribution in [0.25, 0.3) is 0 Å². The normalized spacial score (nSPS) is 14.8. The second-order valence-electron chi connectivity index (χ2n) is 2.12. The molecule has 0 N–H and O–H groups in total. The van der Waals surface area contributed by atoms with Crippen molar-refractivity contribution in [3.8, 4) is 0 Å². The van der Waals surface area contributed by atoms with Crippen LogP contribution in [0.4, 0.5) is 0 Å². The van der Waals surface area contributed by atoms with Crippen LogP contribution in [0.5, 0.6) is 0 Å². The molecule has 0 bridgehead atoms. The van der Waals surface area contributed by atoms with E-state index in [0.717, 1.165) is 5.88 Å². The molecule has 50 valence electrons. The summed E-state index contributed by atoms with van der Waals surface area (Å²) in [6, 6.07) is 8.32. The van der Waals surface area contributed by atoms with Crippen molar-refractivity contribution in [2.45, 2.75) is 4.90 Å². The predicted molar refractivity (Wildman–Crippen MR) is 44.8 cm³/mol. The minimum absolute atomic E-state index is 0.872. The third-order valence-corrected chi connectivity index (χ3v) is 2.40. The van der Waals surface area contributed by atoms with Crippen molar-refractivity contribution in [2.24, 2.45) is 4.99 Å². The Morgan fingerprint density at radius 2 is 2.20 bits per heavy atom. The molecule has 2 rings (SSSR count). The van der Waals surface area contributed by atoms with E-state index in [1.807, 2.05) is 12.3 Å². The standard InChI is InChI=1S/C8H7NS/c1-2-4-8-7(3-1)5-9-6-10-8/h1-5H,6H2. The average molecular weight is 149 g/mol. The average Bonchev–Trinajstić information content (AvgIpc) is 2.05. The van der Waals surface area contributed by atoms with E-state index in [-0.39, 0.29) is 0 Å². The van der Waals surface area contributed by atoms with Crippen molar-refractivity contribution >= 4 is 18.0 Å². The number of thioether (sulfide) groups is 1. The summed E-state index contributed by atoms with van der Waals surface area (Å²) in [5.41, 5.74) is 1.25. The molecule has 2 heteroatoms. The Hall–Kier alpha value is -0.760. The van der Waals surface area contributed by atoms with Gasteiger partial charge in [0.05, 0.1) is 5.88 Å². The maximum atomic E-state index is 4.16. The first-order chi connectivity index (χ1) is 4.97. The Bertz CT molecular complexity index is 268. The summed E-state index contributed by atoms with van der Waals surface area (Å²) in [6.45, 7) is 0. The molecule has 0 saturated heterocycles. The number of fused-ring (bicyclic) bond motifs is 1. The lowest BCUT2D eigenvalue weighted by atomic mass is 10.2. The van der Waals surface area contributed by atoms with Gasteiger partial charge in [-0.25, -0.2) is 0 Å². The molecule has 1 aromatic rings. The first kappa shape index (κ1) is 5.98. The van der Waals surface area contributed by atoms with Crippen molar-refractivity contribution in [3.63, 3.8) is 0 Å². The zero-order valence-electron chi connectivity index (χ0n) is 5.45. The van der Waals surface area contributed by atoms with Crippen LogP contribution in [0.3, 0.4) is 0 Å². The number of aliphatic imine (C=N–C) groups is 1. The fourth-order valence-electron chi connectivity index (χ4n) is 0.961. The van der Waals surface area contributed by atoms with Crippen LogP contribution in [0.15, 0.2) is 34.2 Å². The number of nitrogens with zero attached hydrogens (tertiary/aromatic N) is 1. The molecular weight excluding hydrogens is 142 g/mol. The fraction of sp³-hybridized carbons (Fsp3) is 0.125. The Morgan fingerprint density at radius 1 is 1.30 bits per heavy atom. The van der Waals surface area contributed by atoms with Gasteiger partial charge in [0.25, 0.3) is 0 Å². The van der Waals surface area contributed by atoms with Gasteiger partial charge in [0.15, 0.2) is 0 Å². The van der Waals surface area contributed by atoms with Crippen molar-refractivity contribution in [1.82, 2.24) is 0 Å². The highest BCUT2D eigenvalue weighted by molar-refractivity contribution is 7.99. The van der Waals surface area contributed by atoms with Crippen molar-refractivity contribution in [1.29, 1.82) is 0 Å². The van der Waals surface area contributed by atoms with E-state index in [2.05, 4.69) is 23.2 Å². The van der Waals surface area contributed by atoms with Gasteiger partial charge in [-0.05, 0) is 6.07 Å². The number of benzene rings is 1. The highest BCUT2D eigenvalue weighted by Crippen LogP contribution is 2.24. The second kappa shape index (κ2) is 2.46. The van der Waals surface area contributed by atoms with Gasteiger partial charge < -0.3 is 0 Å². The topological polar surface area (TPSA) is 12.4 Å². The molecule has 0 fully saturated rings. The van der Waals surface area contributed by atoms with Gasteiger partial charge >= 0.3 is 0 Å². The van der Waals surface area contributed by atoms with Crippen LogP contribution in [-0.4, -0.2) is 12.1 Å². The highest BCUT2D eigenvalue weighted by Gasteiger charge is 2.01. The van der Waals surface area contributed by atoms with E-state index < -0.39 is 0 Å². The molecule has 1 aliphatic heterocycles. The van der Waals surface area contributed by atoms with Gasteiger partial charge in [-0.15, -0.1) is 11.8 Å². The molecule has 1 aliphatic rings. The summed E-state index contributed by atoms with van der Waals surface area (Å²) in [5, 5.41) is 0. The molecule has 0 aliphatic carbocycles. The van der Waals surface area contributed by atoms with Crippen LogP contribution in [0, 0.1) is 0 Å². The van der Waals surface area contributed by atoms with Crippen LogP contribution in [-0.2, 0) is 0 Å². The van der Waals surface area contributed by atoms with Crippen LogP contribution >= 0.6 is 11.8 Å². The van der Waals surface area contributed by atoms with Crippen molar-refractivity contribution in [3.05, 3.63) is 29.8 Å². The number of rotatable bonds is 0. The maximum Gasteiger partial charge on any atom is 0.0890 e. The molecular formula is C8H7NS. The largest absolute Gasteiger partial charge is 0.281 e. The van der Waals surface area contributed by atoms with Crippen LogP contribution < -0.4 is 0 Å². The monoisotopic (exact) mass is 149 g/mol. The summed E-state index contributed by atoms with van der Waals surface area (Å²) < 4.78 is 0. The minimum atomic E-state index is 0.872. The molecule has 0 radical (unpaired) electrons. The second-order valence-corrected chi connectivity index (χ2v) is 3.11. The summed E-state index contributed by atoms with van der Waals surface area (Å²) in [5.74, 6) is 0.872. The lowest BCUT2D eigenvalue weighted by Crippen LogP contribution is -1.91. The Balaban J connectivity index is 2.54. The molecule has 0 unspecified atom stereocenters. The quantitative estimate of drug-likeness (QED) is 0.550. The van der Waals surface area contributed by atoms with Gasteiger partial charge in [-0.1, -0.05) is 18.2 Å². The summed E-state index contributed by atoms with van der Waals surface area (Å²) in [4.78, 5) is 5.50. The first-order valence-electron chi connectivity index (χ1n) is 3.18. The summed E-state index contributed by atoms with van der Waals surface area (Å²) >= 11 is 1.79. The lowest BCUT2D eigenvalue weighted by molar-refractivity contribution is 1.31. The molecule has 1 heterocycles. The van der Waals surface area contributed by atoms with Gasteiger partial charge in [0, 0.05) is 16.7 Å². The third kappa shape index (κ3) is 0.948. The van der Waals surface area contributed by atoms with Gasteiger partial charge in [0.1, 0.15) is 0 Å². The van der Waals surface area contributed by atoms with Crippen LogP contribution in [0.1, 0.15) is 5.56 Å². The molecule has 0 amide bonds. The van der Waals surface area contributed by atoms with E-state index in [1.165, 1.54) is 10.5 Å². The van der Waals surface area contributed by atoms with E-state index in [1.54, 1.807) is 11.8 Å². The number of hydrogen-bond donors (Lipinski definition) is 0. The molecule has 1 aromatic carbocycles. The zero-order valence-corrected chi connectivity index (χ0v) is 6.27. The zero-order chi connectivity index (χ0) is 6.81. The van der Waals surface area contributed by atoms with E-state index >= 15 is 0 Å². The predicted octanol–water partition coefficient (Wildman–Crippen LogP) is 2.17. The highest BCUT2D eigenvalue weighted by atomic mass is 32.2. The van der Waals surface area contributed by atoms with Gasteiger partial charge in [0.2, 0.25) is 0 Å². The maximum absolute atomic E-state index is 4.16. The molecule has 0 saturated carbocycles. The SMILES string of the molecule is C1=NCSc2ccccc21. The molecule has 1 nitrogen and oxygen atoms in total. The minimum Gasteiger partial charge on any atom is -0.281 e. The molecule has 0 spiro atoms. The van der Waals surface area contributed by atoms with E-state index in [4.69, 9.17) is 0 Å². The Kier molecular flexibility index (Phi) is 1.47. The lowest BCUT2D eigenvalue weighted by Gasteiger charge is -2.06. The molecule has 0 aromatic heterocycles. The van der Waals surface area contributed by atoms with Crippen molar-refractivity contribution < 1.29 is 0 Å². The van der Waals surface area contributed by atoms with E-state index in [9.17, 15) is 0 Å². The molecule has 0 atom stereocenters. The Morgan fingerprint density at radius 3 is 3.10 bits per heavy atom. The first-order valence-corrected chi connectivity index (χ1v) is 4.17. The summed E-state index contributed by atoms with van der Waals surface area (Å²) in [7, 11) is 0. The third-order valence-electron chi connectivity index (χ3n) is 1.44. The summed E-state index contributed by atoms with van der Waals surface area (Å²) in [6.07, 6.45) is 1.94.